The predicted octanol–water partition coefficient (Wildman–Crippen LogP) is 4.86. The van der Waals surface area contributed by atoms with Gasteiger partial charge in [0.15, 0.2) is 17.5 Å². The van der Waals surface area contributed by atoms with E-state index in [1.165, 1.54) is 24.4 Å². The lowest BCUT2D eigenvalue weighted by atomic mass is 9.73. The van der Waals surface area contributed by atoms with Crippen LogP contribution in [0.5, 0.6) is 0 Å². The number of rotatable bonds is 6. The maximum Gasteiger partial charge on any atom is 0.416 e. The van der Waals surface area contributed by atoms with Gasteiger partial charge in [-0.1, -0.05) is 23.4 Å². The Labute approximate surface area is 264 Å². The van der Waals surface area contributed by atoms with Crippen LogP contribution in [0.15, 0.2) is 42.6 Å². The maximum atomic E-state index is 14.5. The molecule has 2 unspecified atom stereocenters. The molecule has 3 aromatic rings. The van der Waals surface area contributed by atoms with Gasteiger partial charge in [0, 0.05) is 34.7 Å². The molecule has 15 heteroatoms. The van der Waals surface area contributed by atoms with E-state index in [2.05, 4.69) is 10.3 Å². The summed E-state index contributed by atoms with van der Waals surface area (Å²) >= 11 is 0. The van der Waals surface area contributed by atoms with Crippen LogP contribution in [0, 0.1) is 17.5 Å². The number of aliphatic hydroxyl groups is 4. The quantitative estimate of drug-likeness (QED) is 0.144. The Hall–Kier alpha value is -2.69. The lowest BCUT2D eigenvalue weighted by Crippen LogP contribution is -2.58. The van der Waals surface area contributed by atoms with Gasteiger partial charge in [-0.15, -0.1) is 5.10 Å². The average molecular weight is 678 g/mol. The summed E-state index contributed by atoms with van der Waals surface area (Å²) in [5.41, 5.74) is -5.19. The van der Waals surface area contributed by atoms with Crippen molar-refractivity contribution in [2.24, 2.45) is 0 Å². The molecule has 0 saturated carbocycles. The summed E-state index contributed by atoms with van der Waals surface area (Å²) < 4.78 is 91.9. The van der Waals surface area contributed by atoms with Crippen LogP contribution in [0.3, 0.4) is 0 Å². The number of alkyl halides is 3. The van der Waals surface area contributed by atoms with E-state index in [1.54, 1.807) is 27.7 Å². The van der Waals surface area contributed by atoms with Crippen molar-refractivity contribution in [3.63, 3.8) is 0 Å². The predicted molar refractivity (Wildman–Crippen MR) is 159 cm³/mol. The second kappa shape index (κ2) is 12.1. The molecule has 2 saturated heterocycles. The van der Waals surface area contributed by atoms with Gasteiger partial charge in [-0.25, -0.2) is 28.7 Å². The van der Waals surface area contributed by atoms with Crippen molar-refractivity contribution in [3.8, 4) is 11.3 Å². The molecule has 1 aromatic heterocycles. The molecule has 0 aliphatic carbocycles. The minimum absolute atomic E-state index is 0.0654. The van der Waals surface area contributed by atoms with Gasteiger partial charge in [0.1, 0.15) is 11.7 Å². The van der Waals surface area contributed by atoms with Crippen LogP contribution in [-0.2, 0) is 10.9 Å². The summed E-state index contributed by atoms with van der Waals surface area (Å²) in [4.78, 5) is 0. The first-order valence-electron chi connectivity index (χ1n) is 14.6. The number of aromatic nitrogens is 3. The van der Waals surface area contributed by atoms with E-state index in [0.717, 1.165) is 10.7 Å². The summed E-state index contributed by atoms with van der Waals surface area (Å²) in [6.07, 6.45) is -6.80. The standard InChI is InChI=1S/C31H37F6N3O5S/c1-28(2)14-30(44,15-29(3,4)45-28)27(17-7-5-6-8-18(17)31(35,36)37)46-13-22(42)25(26(43)23(46)12-41)40-11-21(38-39-40)16-9-19(32)24(34)20(33)10-16/h5-11,22-23,25-27,41-44,46H,12-15H2,1-4H3/t22-,23+,25-,26-,27?/m0/s1. The molecule has 0 radical (unpaired) electrons. The first-order valence-corrected chi connectivity index (χ1v) is 16.3. The Morgan fingerprint density at radius 3 is 2.17 bits per heavy atom. The lowest BCUT2D eigenvalue weighted by molar-refractivity contribution is -0.220. The Kier molecular flexibility index (Phi) is 9.10. The zero-order valence-electron chi connectivity index (χ0n) is 25.5. The number of benzene rings is 2. The van der Waals surface area contributed by atoms with Gasteiger partial charge in [-0.2, -0.15) is 13.2 Å². The zero-order valence-corrected chi connectivity index (χ0v) is 26.4. The minimum Gasteiger partial charge on any atom is -0.395 e. The van der Waals surface area contributed by atoms with E-state index in [4.69, 9.17) is 4.74 Å². The molecule has 0 amide bonds. The van der Waals surface area contributed by atoms with Gasteiger partial charge in [0.25, 0.3) is 0 Å². The van der Waals surface area contributed by atoms with Crippen molar-refractivity contribution in [2.45, 2.75) is 92.3 Å². The number of aliphatic hydroxyl groups excluding tert-OH is 3. The van der Waals surface area contributed by atoms with Crippen LogP contribution in [0.25, 0.3) is 11.3 Å². The molecule has 0 spiro atoms. The number of hydrogen-bond donors (Lipinski definition) is 5. The lowest BCUT2D eigenvalue weighted by Gasteiger charge is -2.57. The van der Waals surface area contributed by atoms with Gasteiger partial charge in [-0.05, 0) is 51.5 Å². The van der Waals surface area contributed by atoms with Crippen molar-refractivity contribution < 1.29 is 51.5 Å². The molecule has 254 valence electrons. The highest BCUT2D eigenvalue weighted by Crippen LogP contribution is 2.63. The third-order valence-electron chi connectivity index (χ3n) is 8.66. The second-order valence-corrected chi connectivity index (χ2v) is 16.0. The highest BCUT2D eigenvalue weighted by Gasteiger charge is 2.57. The van der Waals surface area contributed by atoms with Gasteiger partial charge in [0.2, 0.25) is 0 Å². The second-order valence-electron chi connectivity index (χ2n) is 13.4. The molecule has 2 fully saturated rings. The Morgan fingerprint density at radius 2 is 1.61 bits per heavy atom. The first-order chi connectivity index (χ1) is 21.3. The SMILES string of the molecule is CC1(C)CC(O)(C(c2ccccc2C(F)(F)F)[SH]2C[C@H](O)[C@H](n3cc(-c4cc(F)c(F)c(F)c4)nn3)[C@@H](O)[C@H]2CO)CC(C)(C)O1. The normalized spacial score (nSPS) is 29.0. The minimum atomic E-state index is -4.79. The van der Waals surface area contributed by atoms with Crippen LogP contribution in [0.4, 0.5) is 26.3 Å². The van der Waals surface area contributed by atoms with Crippen molar-refractivity contribution in [2.75, 3.05) is 12.4 Å². The molecule has 0 bridgehead atoms. The summed E-state index contributed by atoms with van der Waals surface area (Å²) in [5, 5.41) is 51.6. The number of ether oxygens (including phenoxy) is 1. The molecular weight excluding hydrogens is 640 g/mol. The highest BCUT2D eigenvalue weighted by atomic mass is 32.2. The van der Waals surface area contributed by atoms with E-state index in [-0.39, 0.29) is 35.4 Å². The van der Waals surface area contributed by atoms with Gasteiger partial charge >= 0.3 is 6.18 Å². The summed E-state index contributed by atoms with van der Waals surface area (Å²) in [6.45, 7) is 6.21. The Morgan fingerprint density at radius 1 is 1.02 bits per heavy atom. The fraction of sp³-hybridized carbons (Fsp3) is 0.548. The van der Waals surface area contributed by atoms with Crippen molar-refractivity contribution >= 4 is 10.9 Å². The molecule has 8 nitrogen and oxygen atoms in total. The van der Waals surface area contributed by atoms with Crippen molar-refractivity contribution in [1.29, 1.82) is 0 Å². The fourth-order valence-corrected chi connectivity index (χ4v) is 11.2. The summed E-state index contributed by atoms with van der Waals surface area (Å²) in [7, 11) is -2.00. The molecule has 6 atom stereocenters. The Balaban J connectivity index is 1.59. The van der Waals surface area contributed by atoms with Crippen molar-refractivity contribution in [1.82, 2.24) is 15.0 Å². The smallest absolute Gasteiger partial charge is 0.395 e. The molecule has 3 heterocycles. The van der Waals surface area contributed by atoms with Crippen LogP contribution < -0.4 is 0 Å². The fourth-order valence-electron chi connectivity index (χ4n) is 7.53. The third-order valence-corrected chi connectivity index (χ3v) is 12.2. The molecular formula is C31H37F6N3O5S. The third kappa shape index (κ3) is 6.54. The molecule has 2 aliphatic rings. The highest BCUT2D eigenvalue weighted by molar-refractivity contribution is 8.18. The van der Waals surface area contributed by atoms with Crippen LogP contribution in [0.2, 0.25) is 0 Å². The van der Waals surface area contributed by atoms with Gasteiger partial charge in [-0.3, -0.25) is 0 Å². The maximum absolute atomic E-state index is 14.5. The first kappa shape index (κ1) is 34.6. The van der Waals surface area contributed by atoms with E-state index in [9.17, 15) is 46.8 Å². The zero-order chi connectivity index (χ0) is 34.0. The number of thiol groups is 1. The van der Waals surface area contributed by atoms with Crippen LogP contribution in [0.1, 0.15) is 63.0 Å². The topological polar surface area (TPSA) is 121 Å². The number of nitrogens with zero attached hydrogens (tertiary/aromatic N) is 3. The number of halogens is 6. The summed E-state index contributed by atoms with van der Waals surface area (Å²) in [6, 6.07) is 5.01. The molecule has 4 N–H and O–H groups in total. The molecule has 2 aromatic carbocycles. The monoisotopic (exact) mass is 677 g/mol. The molecule has 5 rings (SSSR count). The van der Waals surface area contributed by atoms with E-state index >= 15 is 0 Å². The number of hydrogen-bond acceptors (Lipinski definition) is 7. The van der Waals surface area contributed by atoms with Gasteiger partial charge in [0.05, 0.1) is 47.4 Å². The molecule has 2 aliphatic heterocycles. The van der Waals surface area contributed by atoms with Crippen LogP contribution >= 0.6 is 10.9 Å². The Bertz CT molecular complexity index is 1540. The largest absolute Gasteiger partial charge is 0.416 e. The van der Waals surface area contributed by atoms with Crippen LogP contribution in [-0.4, -0.2) is 82.0 Å². The average Bonchev–Trinajstić information content (AvgIpc) is 3.39. The van der Waals surface area contributed by atoms with Crippen molar-refractivity contribution in [3.05, 3.63) is 71.2 Å². The van der Waals surface area contributed by atoms with E-state index in [0.29, 0.717) is 12.1 Å². The summed E-state index contributed by atoms with van der Waals surface area (Å²) in [5.74, 6) is -4.81. The van der Waals surface area contributed by atoms with Gasteiger partial charge < -0.3 is 25.2 Å². The molecule has 46 heavy (non-hydrogen) atoms. The van der Waals surface area contributed by atoms with E-state index in [1.807, 2.05) is 0 Å². The van der Waals surface area contributed by atoms with E-state index < -0.39 is 92.2 Å².